The summed E-state index contributed by atoms with van der Waals surface area (Å²) in [6.07, 6.45) is 1.68. The van der Waals surface area contributed by atoms with Crippen molar-refractivity contribution in [2.45, 2.75) is 32.7 Å². The van der Waals surface area contributed by atoms with Crippen molar-refractivity contribution < 1.29 is 14.3 Å². The monoisotopic (exact) mass is 275 g/mol. The molecule has 0 radical (unpaired) electrons. The first kappa shape index (κ1) is 14.6. The molecule has 1 aromatic rings. The number of esters is 1. The van der Waals surface area contributed by atoms with Crippen molar-refractivity contribution in [3.05, 3.63) is 35.9 Å². The Hall–Kier alpha value is -1.84. The van der Waals surface area contributed by atoms with Gasteiger partial charge < -0.3 is 9.64 Å². The predicted molar refractivity (Wildman–Crippen MR) is 75.8 cm³/mol. The van der Waals surface area contributed by atoms with Crippen molar-refractivity contribution in [1.29, 1.82) is 0 Å². The van der Waals surface area contributed by atoms with Crippen LogP contribution in [-0.2, 0) is 20.9 Å². The van der Waals surface area contributed by atoms with E-state index in [1.165, 1.54) is 0 Å². The summed E-state index contributed by atoms with van der Waals surface area (Å²) < 4.78 is 4.94. The third-order valence-electron chi connectivity index (χ3n) is 3.60. The summed E-state index contributed by atoms with van der Waals surface area (Å²) >= 11 is 0. The Labute approximate surface area is 119 Å². The molecule has 2 rings (SSSR count). The molecular weight excluding hydrogens is 254 g/mol. The van der Waals surface area contributed by atoms with Gasteiger partial charge in [0.15, 0.2) is 0 Å². The van der Waals surface area contributed by atoms with E-state index in [9.17, 15) is 9.59 Å². The molecule has 1 aromatic carbocycles. The van der Waals surface area contributed by atoms with Crippen LogP contribution >= 0.6 is 0 Å². The quantitative estimate of drug-likeness (QED) is 0.775. The first-order chi connectivity index (χ1) is 9.69. The zero-order valence-electron chi connectivity index (χ0n) is 11.9. The lowest BCUT2D eigenvalue weighted by molar-refractivity contribution is -0.145. The van der Waals surface area contributed by atoms with Crippen molar-refractivity contribution in [3.8, 4) is 0 Å². The lowest BCUT2D eigenvalue weighted by atomic mass is 9.93. The Bertz CT molecular complexity index is 458. The Morgan fingerprint density at radius 1 is 1.35 bits per heavy atom. The van der Waals surface area contributed by atoms with Gasteiger partial charge in [-0.1, -0.05) is 30.3 Å². The standard InChI is InChI=1S/C16H21NO3/c1-2-20-16(19)11-14-8-9-17(15(18)10-14)12-13-6-4-3-5-7-13/h3-7,14H,2,8-12H2,1H3. The van der Waals surface area contributed by atoms with Crippen LogP contribution in [0.1, 0.15) is 31.7 Å². The molecule has 1 aliphatic heterocycles. The summed E-state index contributed by atoms with van der Waals surface area (Å²) in [5, 5.41) is 0. The van der Waals surface area contributed by atoms with Crippen LogP contribution in [0.2, 0.25) is 0 Å². The maximum Gasteiger partial charge on any atom is 0.306 e. The summed E-state index contributed by atoms with van der Waals surface area (Å²) in [6, 6.07) is 9.98. The lowest BCUT2D eigenvalue weighted by Crippen LogP contribution is -2.38. The van der Waals surface area contributed by atoms with E-state index in [-0.39, 0.29) is 17.8 Å². The molecule has 1 atom stereocenters. The fourth-order valence-corrected chi connectivity index (χ4v) is 2.54. The number of likely N-dealkylation sites (tertiary alicyclic amines) is 1. The van der Waals surface area contributed by atoms with E-state index in [1.54, 1.807) is 6.92 Å². The zero-order chi connectivity index (χ0) is 14.4. The van der Waals surface area contributed by atoms with Gasteiger partial charge in [-0.3, -0.25) is 9.59 Å². The first-order valence-corrected chi connectivity index (χ1v) is 7.16. The second-order valence-electron chi connectivity index (χ2n) is 5.17. The van der Waals surface area contributed by atoms with Gasteiger partial charge in [-0.2, -0.15) is 0 Å². The minimum absolute atomic E-state index is 0.133. The molecule has 1 unspecified atom stereocenters. The average Bonchev–Trinajstić information content (AvgIpc) is 2.43. The molecule has 20 heavy (non-hydrogen) atoms. The van der Waals surface area contributed by atoms with Gasteiger partial charge in [0.1, 0.15) is 0 Å². The van der Waals surface area contributed by atoms with Crippen LogP contribution in [0.15, 0.2) is 30.3 Å². The third-order valence-corrected chi connectivity index (χ3v) is 3.60. The zero-order valence-corrected chi connectivity index (χ0v) is 11.9. The van der Waals surface area contributed by atoms with Gasteiger partial charge in [0, 0.05) is 25.9 Å². The molecule has 0 saturated carbocycles. The van der Waals surface area contributed by atoms with Gasteiger partial charge in [-0.25, -0.2) is 0 Å². The molecule has 0 spiro atoms. The second kappa shape index (κ2) is 7.08. The second-order valence-corrected chi connectivity index (χ2v) is 5.17. The van der Waals surface area contributed by atoms with Crippen molar-refractivity contribution in [1.82, 2.24) is 4.90 Å². The van der Waals surface area contributed by atoms with Gasteiger partial charge in [0.25, 0.3) is 0 Å². The van der Waals surface area contributed by atoms with E-state index in [0.29, 0.717) is 26.0 Å². The Morgan fingerprint density at radius 3 is 2.75 bits per heavy atom. The van der Waals surface area contributed by atoms with Gasteiger partial charge in [0.05, 0.1) is 6.61 Å². The van der Waals surface area contributed by atoms with Gasteiger partial charge in [-0.05, 0) is 24.8 Å². The van der Waals surface area contributed by atoms with Crippen LogP contribution < -0.4 is 0 Å². The molecule has 1 amide bonds. The number of amides is 1. The van der Waals surface area contributed by atoms with Crippen LogP contribution in [0.3, 0.4) is 0 Å². The summed E-state index contributed by atoms with van der Waals surface area (Å²) in [6.45, 7) is 3.58. The molecule has 1 aliphatic rings. The van der Waals surface area contributed by atoms with Crippen molar-refractivity contribution in [2.75, 3.05) is 13.2 Å². The Balaban J connectivity index is 1.83. The van der Waals surface area contributed by atoms with E-state index in [4.69, 9.17) is 4.74 Å². The fraction of sp³-hybridized carbons (Fsp3) is 0.500. The minimum atomic E-state index is -0.193. The summed E-state index contributed by atoms with van der Waals surface area (Å²) in [7, 11) is 0. The number of hydrogen-bond donors (Lipinski definition) is 0. The van der Waals surface area contributed by atoms with Crippen molar-refractivity contribution >= 4 is 11.9 Å². The summed E-state index contributed by atoms with van der Waals surface area (Å²) in [5.41, 5.74) is 1.14. The Morgan fingerprint density at radius 2 is 2.10 bits per heavy atom. The van der Waals surface area contributed by atoms with Crippen molar-refractivity contribution in [3.63, 3.8) is 0 Å². The predicted octanol–water partition coefficient (Wildman–Crippen LogP) is 2.38. The third kappa shape index (κ3) is 4.08. The molecule has 0 aliphatic carbocycles. The van der Waals surface area contributed by atoms with Crippen LogP contribution in [-0.4, -0.2) is 29.9 Å². The number of piperidine rings is 1. The number of rotatable bonds is 5. The molecule has 1 saturated heterocycles. The highest BCUT2D eigenvalue weighted by Gasteiger charge is 2.27. The van der Waals surface area contributed by atoms with Gasteiger partial charge >= 0.3 is 5.97 Å². The SMILES string of the molecule is CCOC(=O)CC1CCN(Cc2ccccc2)C(=O)C1. The largest absolute Gasteiger partial charge is 0.466 e. The number of nitrogens with zero attached hydrogens (tertiary/aromatic N) is 1. The van der Waals surface area contributed by atoms with E-state index in [1.807, 2.05) is 35.2 Å². The number of ether oxygens (including phenoxy) is 1. The molecular formula is C16H21NO3. The Kier molecular flexibility index (Phi) is 5.16. The first-order valence-electron chi connectivity index (χ1n) is 7.16. The molecule has 1 heterocycles. The summed E-state index contributed by atoms with van der Waals surface area (Å²) in [5.74, 6) is 0.0739. The number of carbonyl (C=O) groups is 2. The fourth-order valence-electron chi connectivity index (χ4n) is 2.54. The molecule has 0 aromatic heterocycles. The van der Waals surface area contributed by atoms with E-state index in [2.05, 4.69) is 0 Å². The minimum Gasteiger partial charge on any atom is -0.466 e. The topological polar surface area (TPSA) is 46.6 Å². The van der Waals surface area contributed by atoms with Crippen LogP contribution in [0, 0.1) is 5.92 Å². The van der Waals surface area contributed by atoms with Crippen LogP contribution in [0.4, 0.5) is 0 Å². The molecule has 1 fully saturated rings. The number of benzene rings is 1. The number of hydrogen-bond acceptors (Lipinski definition) is 3. The highest BCUT2D eigenvalue weighted by Crippen LogP contribution is 2.23. The molecule has 108 valence electrons. The van der Waals surface area contributed by atoms with Crippen LogP contribution in [0.25, 0.3) is 0 Å². The number of carbonyl (C=O) groups excluding carboxylic acids is 2. The molecule has 0 bridgehead atoms. The highest BCUT2D eigenvalue weighted by molar-refractivity contribution is 5.78. The molecule has 0 N–H and O–H groups in total. The van der Waals surface area contributed by atoms with E-state index < -0.39 is 0 Å². The highest BCUT2D eigenvalue weighted by atomic mass is 16.5. The maximum absolute atomic E-state index is 12.1. The lowest BCUT2D eigenvalue weighted by Gasteiger charge is -2.31. The normalized spacial score (nSPS) is 18.9. The smallest absolute Gasteiger partial charge is 0.306 e. The maximum atomic E-state index is 12.1. The van der Waals surface area contributed by atoms with E-state index in [0.717, 1.165) is 18.5 Å². The van der Waals surface area contributed by atoms with Gasteiger partial charge in [0.2, 0.25) is 5.91 Å². The molecule has 4 heteroatoms. The summed E-state index contributed by atoms with van der Waals surface area (Å²) in [4.78, 5) is 25.4. The molecule has 4 nitrogen and oxygen atoms in total. The van der Waals surface area contributed by atoms with Crippen LogP contribution in [0.5, 0.6) is 0 Å². The van der Waals surface area contributed by atoms with Gasteiger partial charge in [-0.15, -0.1) is 0 Å². The van der Waals surface area contributed by atoms with Crippen molar-refractivity contribution in [2.24, 2.45) is 5.92 Å². The average molecular weight is 275 g/mol. The van der Waals surface area contributed by atoms with E-state index >= 15 is 0 Å².